The fourth-order valence-corrected chi connectivity index (χ4v) is 4.37. The number of thioether (sulfide) groups is 1. The minimum absolute atomic E-state index is 0.344. The summed E-state index contributed by atoms with van der Waals surface area (Å²) in [5.41, 5.74) is 4.24. The number of allylic oxidation sites excluding steroid dienone is 1. The summed E-state index contributed by atoms with van der Waals surface area (Å²) in [4.78, 5) is 12.2. The maximum atomic E-state index is 12.2. The highest BCUT2D eigenvalue weighted by Gasteiger charge is 2.16. The SMILES string of the molecule is C=CCn1c(SCc2cc(=O)oc3c(C)c(C)ccc23)nnc1-c1ccc(OC)cc1. The molecule has 0 aliphatic heterocycles. The van der Waals surface area contributed by atoms with Crippen LogP contribution in [0.25, 0.3) is 22.4 Å². The van der Waals surface area contributed by atoms with Gasteiger partial charge >= 0.3 is 5.63 Å². The van der Waals surface area contributed by atoms with E-state index in [0.717, 1.165) is 44.4 Å². The van der Waals surface area contributed by atoms with Gasteiger partial charge in [0.15, 0.2) is 11.0 Å². The van der Waals surface area contributed by atoms with Gasteiger partial charge in [0.2, 0.25) is 0 Å². The van der Waals surface area contributed by atoms with Crippen LogP contribution >= 0.6 is 11.8 Å². The number of benzene rings is 2. The summed E-state index contributed by atoms with van der Waals surface area (Å²) in [5.74, 6) is 2.12. The third-order valence-corrected chi connectivity index (χ3v) is 6.27. The molecule has 2 aromatic carbocycles. The number of hydrogen-bond acceptors (Lipinski definition) is 6. The van der Waals surface area contributed by atoms with Gasteiger partial charge in [-0.2, -0.15) is 0 Å². The molecule has 7 heteroatoms. The van der Waals surface area contributed by atoms with Gasteiger partial charge < -0.3 is 9.15 Å². The van der Waals surface area contributed by atoms with Crippen LogP contribution in [-0.4, -0.2) is 21.9 Å². The Hall–Kier alpha value is -3.32. The molecule has 4 rings (SSSR count). The third kappa shape index (κ3) is 4.14. The van der Waals surface area contributed by atoms with E-state index in [2.05, 4.69) is 16.8 Å². The van der Waals surface area contributed by atoms with E-state index in [1.54, 1.807) is 13.2 Å². The molecule has 0 N–H and O–H groups in total. The van der Waals surface area contributed by atoms with Crippen LogP contribution in [0.5, 0.6) is 5.75 Å². The Bertz CT molecular complexity index is 1310. The van der Waals surface area contributed by atoms with Gasteiger partial charge in [-0.3, -0.25) is 4.57 Å². The van der Waals surface area contributed by atoms with Crippen molar-refractivity contribution in [3.05, 3.63) is 82.2 Å². The molecule has 0 saturated heterocycles. The number of fused-ring (bicyclic) bond motifs is 1. The van der Waals surface area contributed by atoms with Gasteiger partial charge in [0, 0.05) is 29.3 Å². The zero-order chi connectivity index (χ0) is 22.0. The number of rotatable bonds is 7. The summed E-state index contributed by atoms with van der Waals surface area (Å²) >= 11 is 1.53. The standard InChI is InChI=1S/C24H23N3O3S/c1-5-12-27-23(17-7-9-19(29-4)10-8-17)25-26-24(27)31-14-18-13-21(28)30-22-16(3)15(2)6-11-20(18)22/h5-11,13H,1,12,14H2,2-4H3. The number of ether oxygens (including phenoxy) is 1. The first-order valence-electron chi connectivity index (χ1n) is 9.86. The highest BCUT2D eigenvalue weighted by Crippen LogP contribution is 2.30. The highest BCUT2D eigenvalue weighted by atomic mass is 32.2. The van der Waals surface area contributed by atoms with Crippen molar-refractivity contribution in [2.45, 2.75) is 31.3 Å². The molecule has 0 amide bonds. The molecule has 0 aliphatic carbocycles. The smallest absolute Gasteiger partial charge is 0.336 e. The molecule has 31 heavy (non-hydrogen) atoms. The van der Waals surface area contributed by atoms with E-state index >= 15 is 0 Å². The molecular formula is C24H23N3O3S. The Balaban J connectivity index is 1.67. The van der Waals surface area contributed by atoms with E-state index in [0.29, 0.717) is 17.9 Å². The van der Waals surface area contributed by atoms with Crippen molar-refractivity contribution in [3.63, 3.8) is 0 Å². The fraction of sp³-hybridized carbons (Fsp3) is 0.208. The summed E-state index contributed by atoms with van der Waals surface area (Å²) in [6.45, 7) is 8.42. The second kappa shape index (κ2) is 8.81. The summed E-state index contributed by atoms with van der Waals surface area (Å²) in [7, 11) is 1.64. The number of aryl methyl sites for hydroxylation is 2. The zero-order valence-electron chi connectivity index (χ0n) is 17.7. The number of methoxy groups -OCH3 is 1. The van der Waals surface area contributed by atoms with Crippen LogP contribution in [-0.2, 0) is 12.3 Å². The summed E-state index contributed by atoms with van der Waals surface area (Å²) in [6.07, 6.45) is 1.82. The zero-order valence-corrected chi connectivity index (χ0v) is 18.5. The molecule has 6 nitrogen and oxygen atoms in total. The van der Waals surface area contributed by atoms with Gasteiger partial charge in [0.25, 0.3) is 0 Å². The molecule has 158 valence electrons. The Morgan fingerprint density at radius 1 is 1.16 bits per heavy atom. The first-order chi connectivity index (χ1) is 15.0. The quantitative estimate of drug-likeness (QED) is 0.228. The van der Waals surface area contributed by atoms with Crippen molar-refractivity contribution in [2.24, 2.45) is 0 Å². The molecule has 0 saturated carbocycles. The van der Waals surface area contributed by atoms with Crippen molar-refractivity contribution in [3.8, 4) is 17.1 Å². The van der Waals surface area contributed by atoms with Crippen LogP contribution in [0, 0.1) is 13.8 Å². The maximum Gasteiger partial charge on any atom is 0.336 e. The Kier molecular flexibility index (Phi) is 5.95. The van der Waals surface area contributed by atoms with Gasteiger partial charge in [0.05, 0.1) is 7.11 Å². The first kappa shape index (κ1) is 20.9. The van der Waals surface area contributed by atoms with Crippen molar-refractivity contribution < 1.29 is 9.15 Å². The summed E-state index contributed by atoms with van der Waals surface area (Å²) < 4.78 is 12.7. The molecular weight excluding hydrogens is 410 g/mol. The predicted octanol–water partition coefficient (Wildman–Crippen LogP) is 5.16. The third-order valence-electron chi connectivity index (χ3n) is 5.25. The first-order valence-corrected chi connectivity index (χ1v) is 10.8. The van der Waals surface area contributed by atoms with Crippen molar-refractivity contribution in [1.29, 1.82) is 0 Å². The minimum atomic E-state index is -0.344. The van der Waals surface area contributed by atoms with Gasteiger partial charge in [-0.15, -0.1) is 16.8 Å². The highest BCUT2D eigenvalue weighted by molar-refractivity contribution is 7.98. The van der Waals surface area contributed by atoms with Gasteiger partial charge in [-0.1, -0.05) is 30.0 Å². The van der Waals surface area contributed by atoms with E-state index in [4.69, 9.17) is 9.15 Å². The van der Waals surface area contributed by atoms with Crippen LogP contribution in [0.4, 0.5) is 0 Å². The number of hydrogen-bond donors (Lipinski definition) is 0. The average molecular weight is 434 g/mol. The molecule has 0 bridgehead atoms. The topological polar surface area (TPSA) is 70.2 Å². The normalized spacial score (nSPS) is 11.1. The lowest BCUT2D eigenvalue weighted by molar-refractivity contribution is 0.415. The lowest BCUT2D eigenvalue weighted by Crippen LogP contribution is -2.03. The molecule has 2 aromatic heterocycles. The lowest BCUT2D eigenvalue weighted by Gasteiger charge is -2.10. The lowest BCUT2D eigenvalue weighted by atomic mass is 10.0. The van der Waals surface area contributed by atoms with Crippen molar-refractivity contribution >= 4 is 22.7 Å². The van der Waals surface area contributed by atoms with Gasteiger partial charge in [-0.05, 0) is 54.8 Å². The number of aromatic nitrogens is 3. The van der Waals surface area contributed by atoms with Gasteiger partial charge in [0.1, 0.15) is 11.3 Å². The molecule has 0 fully saturated rings. The van der Waals surface area contributed by atoms with Crippen LogP contribution < -0.4 is 10.4 Å². The fourth-order valence-electron chi connectivity index (χ4n) is 3.43. The Labute approximate surface area is 184 Å². The number of nitrogens with zero attached hydrogens (tertiary/aromatic N) is 3. The molecule has 4 aromatic rings. The minimum Gasteiger partial charge on any atom is -0.497 e. The molecule has 0 radical (unpaired) electrons. The van der Waals surface area contributed by atoms with E-state index in [9.17, 15) is 4.79 Å². The second-order valence-electron chi connectivity index (χ2n) is 7.20. The Morgan fingerprint density at radius 3 is 2.65 bits per heavy atom. The van der Waals surface area contributed by atoms with Crippen molar-refractivity contribution in [1.82, 2.24) is 14.8 Å². The molecule has 0 spiro atoms. The van der Waals surface area contributed by atoms with E-state index in [-0.39, 0.29) is 5.63 Å². The van der Waals surface area contributed by atoms with Gasteiger partial charge in [-0.25, -0.2) is 4.79 Å². The molecule has 0 unspecified atom stereocenters. The largest absolute Gasteiger partial charge is 0.497 e. The van der Waals surface area contributed by atoms with Crippen LogP contribution in [0.1, 0.15) is 16.7 Å². The predicted molar refractivity (Wildman–Crippen MR) is 124 cm³/mol. The average Bonchev–Trinajstić information content (AvgIpc) is 3.17. The summed E-state index contributed by atoms with van der Waals surface area (Å²) in [6, 6.07) is 13.3. The summed E-state index contributed by atoms with van der Waals surface area (Å²) in [5, 5.41) is 10.5. The maximum absolute atomic E-state index is 12.2. The van der Waals surface area contributed by atoms with Crippen LogP contribution in [0.3, 0.4) is 0 Å². The van der Waals surface area contributed by atoms with Crippen LogP contribution in [0.15, 0.2) is 69.5 Å². The Morgan fingerprint density at radius 2 is 1.94 bits per heavy atom. The monoisotopic (exact) mass is 433 g/mol. The molecule has 0 aliphatic rings. The van der Waals surface area contributed by atoms with E-state index < -0.39 is 0 Å². The second-order valence-corrected chi connectivity index (χ2v) is 8.14. The van der Waals surface area contributed by atoms with E-state index in [1.807, 2.05) is 60.9 Å². The van der Waals surface area contributed by atoms with E-state index in [1.165, 1.54) is 11.8 Å². The molecule has 0 atom stereocenters. The molecule has 2 heterocycles. The van der Waals surface area contributed by atoms with Crippen molar-refractivity contribution in [2.75, 3.05) is 7.11 Å². The van der Waals surface area contributed by atoms with Crippen LogP contribution in [0.2, 0.25) is 0 Å².